The highest BCUT2D eigenvalue weighted by Crippen LogP contribution is 2.23. The van der Waals surface area contributed by atoms with Gasteiger partial charge in [0, 0.05) is 77.7 Å². The molecular weight excluding hydrogens is 359 g/mol. The molecule has 0 spiro atoms. The number of fused-ring (bicyclic) bond motifs is 3. The maximum absolute atomic E-state index is 13.9. The second-order valence-corrected chi connectivity index (χ2v) is 7.67. The zero-order chi connectivity index (χ0) is 19.3. The zero-order valence-electron chi connectivity index (χ0n) is 16.7. The fourth-order valence-corrected chi connectivity index (χ4v) is 4.34. The molecule has 4 aliphatic rings. The van der Waals surface area contributed by atoms with Crippen molar-refractivity contribution in [3.8, 4) is 0 Å². The first kappa shape index (κ1) is 19.4. The number of nitrogens with one attached hydrogen (secondary N) is 2. The zero-order valence-corrected chi connectivity index (χ0v) is 16.7. The minimum atomic E-state index is -0.211. The van der Waals surface area contributed by atoms with E-state index in [9.17, 15) is 4.39 Å². The van der Waals surface area contributed by atoms with E-state index in [1.165, 1.54) is 19.2 Å². The van der Waals surface area contributed by atoms with Gasteiger partial charge in [-0.1, -0.05) is 0 Å². The molecule has 154 valence electrons. The quantitative estimate of drug-likeness (QED) is 0.558. The van der Waals surface area contributed by atoms with E-state index in [1.54, 1.807) is 13.1 Å². The fourth-order valence-electron chi connectivity index (χ4n) is 4.34. The van der Waals surface area contributed by atoms with Crippen molar-refractivity contribution in [2.24, 2.45) is 4.99 Å². The Morgan fingerprint density at radius 2 is 1.93 bits per heavy atom. The number of aliphatic imine (C=N–C) groups is 1. The predicted octanol–water partition coefficient (Wildman–Crippen LogP) is 0.327. The Hall–Kier alpha value is -1.90. The molecule has 1 aromatic carbocycles. The van der Waals surface area contributed by atoms with E-state index in [1.807, 2.05) is 6.07 Å². The van der Waals surface area contributed by atoms with Gasteiger partial charge in [-0.15, -0.1) is 0 Å². The van der Waals surface area contributed by atoms with Crippen molar-refractivity contribution in [2.75, 3.05) is 77.5 Å². The summed E-state index contributed by atoms with van der Waals surface area (Å²) in [6.45, 7) is 10.3. The Labute approximate surface area is 166 Å². The number of hydrogen-bond acceptors (Lipinski definition) is 5. The summed E-state index contributed by atoms with van der Waals surface area (Å²) in [7, 11) is 1.78. The van der Waals surface area contributed by atoms with E-state index in [0.717, 1.165) is 56.5 Å². The lowest BCUT2D eigenvalue weighted by Crippen LogP contribution is -2.63. The van der Waals surface area contributed by atoms with Gasteiger partial charge in [0.1, 0.15) is 5.82 Å². The maximum Gasteiger partial charge on any atom is 0.191 e. The monoisotopic (exact) mass is 390 g/mol. The van der Waals surface area contributed by atoms with E-state index in [0.29, 0.717) is 25.8 Å². The molecule has 4 saturated heterocycles. The first-order valence-corrected chi connectivity index (χ1v) is 10.2. The van der Waals surface area contributed by atoms with Crippen LogP contribution in [0.25, 0.3) is 0 Å². The molecule has 4 aliphatic heterocycles. The van der Waals surface area contributed by atoms with E-state index in [4.69, 9.17) is 4.74 Å². The molecule has 0 radical (unpaired) electrons. The SMILES string of the molecule is CN=C(NCc1cc(F)ccc1N1CCOCC1)NCC1CN2CCN1CC2. The number of anilines is 1. The number of halogens is 1. The van der Waals surface area contributed by atoms with Crippen LogP contribution in [0.1, 0.15) is 5.56 Å². The smallest absolute Gasteiger partial charge is 0.191 e. The second-order valence-electron chi connectivity index (χ2n) is 7.67. The molecule has 0 aromatic heterocycles. The molecule has 5 rings (SSSR count). The number of nitrogens with zero attached hydrogens (tertiary/aromatic N) is 4. The molecule has 2 N–H and O–H groups in total. The van der Waals surface area contributed by atoms with Gasteiger partial charge in [-0.25, -0.2) is 4.39 Å². The number of rotatable bonds is 5. The van der Waals surface area contributed by atoms with Gasteiger partial charge in [-0.3, -0.25) is 14.8 Å². The van der Waals surface area contributed by atoms with Crippen LogP contribution in [0.2, 0.25) is 0 Å². The van der Waals surface area contributed by atoms with Crippen LogP contribution >= 0.6 is 0 Å². The summed E-state index contributed by atoms with van der Waals surface area (Å²) in [5.41, 5.74) is 2.01. The lowest BCUT2D eigenvalue weighted by molar-refractivity contribution is 0.0154. The predicted molar refractivity (Wildman–Crippen MR) is 109 cm³/mol. The van der Waals surface area contributed by atoms with Gasteiger partial charge in [0.05, 0.1) is 13.2 Å². The maximum atomic E-state index is 13.9. The number of morpholine rings is 1. The van der Waals surface area contributed by atoms with Crippen LogP contribution in [0.4, 0.5) is 10.1 Å². The Morgan fingerprint density at radius 1 is 1.14 bits per heavy atom. The fraction of sp³-hybridized carbons (Fsp3) is 0.650. The van der Waals surface area contributed by atoms with E-state index in [-0.39, 0.29) is 5.82 Å². The van der Waals surface area contributed by atoms with Crippen LogP contribution in [0.15, 0.2) is 23.2 Å². The molecule has 2 bridgehead atoms. The third-order valence-corrected chi connectivity index (χ3v) is 5.96. The summed E-state index contributed by atoms with van der Waals surface area (Å²) < 4.78 is 19.3. The number of ether oxygens (including phenoxy) is 1. The highest BCUT2D eigenvalue weighted by molar-refractivity contribution is 5.79. The van der Waals surface area contributed by atoms with Crippen molar-refractivity contribution in [3.05, 3.63) is 29.6 Å². The average Bonchev–Trinajstić information content (AvgIpc) is 2.75. The molecule has 4 fully saturated rings. The first-order chi connectivity index (χ1) is 13.7. The normalized spacial score (nSPS) is 27.7. The highest BCUT2D eigenvalue weighted by Gasteiger charge is 2.31. The molecule has 0 saturated carbocycles. The lowest BCUT2D eigenvalue weighted by Gasteiger charge is -2.47. The third kappa shape index (κ3) is 4.56. The molecule has 1 unspecified atom stereocenters. The lowest BCUT2D eigenvalue weighted by atomic mass is 10.1. The van der Waals surface area contributed by atoms with Crippen LogP contribution in [0, 0.1) is 5.82 Å². The molecule has 8 heteroatoms. The van der Waals surface area contributed by atoms with Gasteiger partial charge in [0.25, 0.3) is 0 Å². The Bertz CT molecular complexity index is 685. The molecule has 1 aromatic rings. The number of hydrogen-bond donors (Lipinski definition) is 2. The van der Waals surface area contributed by atoms with Crippen LogP contribution in [-0.2, 0) is 11.3 Å². The number of guanidine groups is 1. The number of benzene rings is 1. The van der Waals surface area contributed by atoms with Gasteiger partial charge >= 0.3 is 0 Å². The Morgan fingerprint density at radius 3 is 2.61 bits per heavy atom. The van der Waals surface area contributed by atoms with Crippen LogP contribution in [-0.4, -0.2) is 94.4 Å². The van der Waals surface area contributed by atoms with E-state index >= 15 is 0 Å². The van der Waals surface area contributed by atoms with Crippen molar-refractivity contribution in [1.29, 1.82) is 0 Å². The molecule has 4 heterocycles. The minimum absolute atomic E-state index is 0.211. The van der Waals surface area contributed by atoms with Crippen molar-refractivity contribution < 1.29 is 9.13 Å². The average molecular weight is 391 g/mol. The standard InChI is InChI=1S/C20H31FN6O/c1-22-20(24-14-18-15-25-4-6-26(18)7-5-25)23-13-16-12-17(21)2-3-19(16)27-8-10-28-11-9-27/h2-3,12,18H,4-11,13-15H2,1H3,(H2,22,23,24). The minimum Gasteiger partial charge on any atom is -0.378 e. The molecule has 0 amide bonds. The molecular formula is C20H31FN6O. The van der Waals surface area contributed by atoms with Gasteiger partial charge in [-0.2, -0.15) is 0 Å². The van der Waals surface area contributed by atoms with Crippen molar-refractivity contribution in [2.45, 2.75) is 12.6 Å². The first-order valence-electron chi connectivity index (χ1n) is 10.2. The van der Waals surface area contributed by atoms with Gasteiger partial charge < -0.3 is 20.3 Å². The molecule has 7 nitrogen and oxygen atoms in total. The number of piperazine rings is 3. The Kier molecular flexibility index (Phi) is 6.29. The van der Waals surface area contributed by atoms with Crippen molar-refractivity contribution >= 4 is 11.6 Å². The second kappa shape index (κ2) is 9.07. The van der Waals surface area contributed by atoms with Gasteiger partial charge in [0.2, 0.25) is 0 Å². The summed E-state index contributed by atoms with van der Waals surface area (Å²) in [6, 6.07) is 5.54. The van der Waals surface area contributed by atoms with Crippen LogP contribution < -0.4 is 15.5 Å². The van der Waals surface area contributed by atoms with E-state index < -0.39 is 0 Å². The van der Waals surface area contributed by atoms with Gasteiger partial charge in [0.15, 0.2) is 5.96 Å². The molecule has 28 heavy (non-hydrogen) atoms. The van der Waals surface area contributed by atoms with Crippen LogP contribution in [0.5, 0.6) is 0 Å². The summed E-state index contributed by atoms with van der Waals surface area (Å²) in [5.74, 6) is 0.548. The van der Waals surface area contributed by atoms with Gasteiger partial charge in [-0.05, 0) is 23.8 Å². The topological polar surface area (TPSA) is 55.4 Å². The molecule has 1 atom stereocenters. The van der Waals surface area contributed by atoms with Crippen molar-refractivity contribution in [3.63, 3.8) is 0 Å². The Balaban J connectivity index is 1.34. The highest BCUT2D eigenvalue weighted by atomic mass is 19.1. The third-order valence-electron chi connectivity index (χ3n) is 5.96. The summed E-state index contributed by atoms with van der Waals surface area (Å²) >= 11 is 0. The van der Waals surface area contributed by atoms with Crippen LogP contribution in [0.3, 0.4) is 0 Å². The summed E-state index contributed by atoms with van der Waals surface area (Å²) in [6.07, 6.45) is 0. The molecule has 0 aliphatic carbocycles. The largest absolute Gasteiger partial charge is 0.378 e. The summed E-state index contributed by atoms with van der Waals surface area (Å²) in [4.78, 5) is 11.7. The van der Waals surface area contributed by atoms with Crippen molar-refractivity contribution in [1.82, 2.24) is 20.4 Å². The summed E-state index contributed by atoms with van der Waals surface area (Å²) in [5, 5.41) is 6.81. The van der Waals surface area contributed by atoms with E-state index in [2.05, 4.69) is 30.3 Å².